The molecule has 0 aromatic heterocycles. The number of phenolic OH excluding ortho intramolecular Hbond substituents is 1. The second-order valence-electron chi connectivity index (χ2n) is 11.0. The average molecular weight is 599 g/mol. The molecule has 0 unspecified atom stereocenters. The molecule has 0 saturated heterocycles. The summed E-state index contributed by atoms with van der Waals surface area (Å²) in [6, 6.07) is 41.4. The van der Waals surface area contributed by atoms with E-state index >= 15 is 0 Å². The van der Waals surface area contributed by atoms with Crippen molar-refractivity contribution in [1.82, 2.24) is 9.80 Å². The summed E-state index contributed by atoms with van der Waals surface area (Å²) < 4.78 is 0. The van der Waals surface area contributed by atoms with Crippen LogP contribution in [0.25, 0.3) is 0 Å². The average Bonchev–Trinajstić information content (AvgIpc) is 3.05. The molecule has 228 valence electrons. The van der Waals surface area contributed by atoms with Gasteiger partial charge in [-0.15, -0.1) is 0 Å². The third-order valence-corrected chi connectivity index (χ3v) is 7.11. The van der Waals surface area contributed by atoms with Crippen molar-refractivity contribution in [3.63, 3.8) is 0 Å². The summed E-state index contributed by atoms with van der Waals surface area (Å²) in [5.41, 5.74) is 6.16. The first kappa shape index (κ1) is 31.2. The molecule has 0 radical (unpaired) electrons. The van der Waals surface area contributed by atoms with Crippen LogP contribution in [0, 0.1) is 0 Å². The lowest BCUT2D eigenvalue weighted by atomic mass is 10.1. The van der Waals surface area contributed by atoms with Gasteiger partial charge >= 0.3 is 0 Å². The van der Waals surface area contributed by atoms with E-state index in [1.54, 1.807) is 36.7 Å². The van der Waals surface area contributed by atoms with Crippen molar-refractivity contribution in [1.29, 1.82) is 0 Å². The maximum absolute atomic E-state index is 9.62. The molecule has 45 heavy (non-hydrogen) atoms. The normalized spacial score (nSPS) is 11.6. The number of hydrogen-bond donors (Lipinski definition) is 1. The van der Waals surface area contributed by atoms with Gasteiger partial charge in [-0.05, 0) is 66.7 Å². The maximum atomic E-state index is 9.62. The molecule has 0 saturated carbocycles. The number of benzene rings is 5. The standard InChI is InChI=1S/C38H38N4O3/c1-41(26-32-14-8-4-9-15-32)28-34-22-35(29-42(2)27-33-16-10-5-11-17-33)38(45-40-25-31-18-20-36(43)21-19-31)23-37(34)44-39-24-30-12-6-3-7-13-30/h3-25,43H,26-29H2,1-2H3/b39-24+,40-25+. The third kappa shape index (κ3) is 9.89. The number of hydrogen-bond acceptors (Lipinski definition) is 7. The second-order valence-corrected chi connectivity index (χ2v) is 11.0. The van der Waals surface area contributed by atoms with Crippen LogP contribution in [-0.2, 0) is 26.2 Å². The highest BCUT2D eigenvalue weighted by Gasteiger charge is 2.17. The van der Waals surface area contributed by atoms with Crippen LogP contribution in [0.2, 0.25) is 0 Å². The van der Waals surface area contributed by atoms with Crippen LogP contribution in [0.5, 0.6) is 17.2 Å². The van der Waals surface area contributed by atoms with Crippen molar-refractivity contribution in [3.05, 3.63) is 161 Å². The first-order valence-corrected chi connectivity index (χ1v) is 14.9. The van der Waals surface area contributed by atoms with Crippen LogP contribution in [0.15, 0.2) is 138 Å². The zero-order chi connectivity index (χ0) is 31.3. The van der Waals surface area contributed by atoms with Gasteiger partial charge in [-0.25, -0.2) is 0 Å². The summed E-state index contributed by atoms with van der Waals surface area (Å²) in [5.74, 6) is 1.36. The Morgan fingerprint density at radius 1 is 0.533 bits per heavy atom. The maximum Gasteiger partial charge on any atom is 0.166 e. The van der Waals surface area contributed by atoms with E-state index in [2.05, 4.69) is 88.8 Å². The third-order valence-electron chi connectivity index (χ3n) is 7.11. The van der Waals surface area contributed by atoms with Crippen LogP contribution >= 0.6 is 0 Å². The van der Waals surface area contributed by atoms with Crippen molar-refractivity contribution < 1.29 is 14.8 Å². The molecule has 5 aromatic rings. The van der Waals surface area contributed by atoms with Gasteiger partial charge in [0.05, 0.1) is 12.4 Å². The minimum Gasteiger partial charge on any atom is -0.508 e. The molecule has 7 heteroatoms. The summed E-state index contributed by atoms with van der Waals surface area (Å²) in [4.78, 5) is 16.5. The SMILES string of the molecule is CN(Cc1ccccc1)Cc1cc(CN(C)Cc2ccccc2)c(O/N=C/c2ccc(O)cc2)cc1O/N=C/c1ccccc1. The fourth-order valence-electron chi connectivity index (χ4n) is 4.95. The van der Waals surface area contributed by atoms with Gasteiger partial charge in [0.15, 0.2) is 11.5 Å². The number of aromatic hydroxyl groups is 1. The lowest BCUT2D eigenvalue weighted by Crippen LogP contribution is -2.20. The van der Waals surface area contributed by atoms with Crippen LogP contribution in [0.1, 0.15) is 33.4 Å². The minimum absolute atomic E-state index is 0.197. The quantitative estimate of drug-likeness (QED) is 0.106. The van der Waals surface area contributed by atoms with Crippen molar-refractivity contribution in [2.75, 3.05) is 14.1 Å². The molecule has 0 aliphatic rings. The van der Waals surface area contributed by atoms with E-state index in [9.17, 15) is 5.11 Å². The Hall–Kier alpha value is -5.24. The highest BCUT2D eigenvalue weighted by molar-refractivity contribution is 5.79. The molecule has 7 nitrogen and oxygen atoms in total. The van der Waals surface area contributed by atoms with E-state index in [1.807, 2.05) is 48.5 Å². The first-order chi connectivity index (χ1) is 22.0. The van der Waals surface area contributed by atoms with E-state index in [-0.39, 0.29) is 5.75 Å². The Bertz CT molecular complexity index is 1680. The van der Waals surface area contributed by atoms with Crippen molar-refractivity contribution in [2.45, 2.75) is 26.2 Å². The summed E-state index contributed by atoms with van der Waals surface area (Å²) >= 11 is 0. The molecule has 0 fully saturated rings. The Labute approximate surface area is 265 Å². The van der Waals surface area contributed by atoms with Crippen molar-refractivity contribution >= 4 is 12.4 Å². The summed E-state index contributed by atoms with van der Waals surface area (Å²) in [6.07, 6.45) is 3.31. The summed E-state index contributed by atoms with van der Waals surface area (Å²) in [7, 11) is 4.18. The number of phenols is 1. The van der Waals surface area contributed by atoms with Gasteiger partial charge in [0, 0.05) is 43.4 Å². The molecule has 5 rings (SSSR count). The van der Waals surface area contributed by atoms with Gasteiger partial charge in [-0.3, -0.25) is 9.80 Å². The van der Waals surface area contributed by atoms with E-state index in [0.29, 0.717) is 24.6 Å². The van der Waals surface area contributed by atoms with Crippen molar-refractivity contribution in [2.24, 2.45) is 10.3 Å². The Balaban J connectivity index is 1.45. The first-order valence-electron chi connectivity index (χ1n) is 14.9. The molecular weight excluding hydrogens is 560 g/mol. The molecule has 0 atom stereocenters. The predicted molar refractivity (Wildman–Crippen MR) is 181 cm³/mol. The van der Waals surface area contributed by atoms with E-state index in [1.165, 1.54) is 11.1 Å². The van der Waals surface area contributed by atoms with Gasteiger partial charge in [0.1, 0.15) is 5.75 Å². The Kier molecular flexibility index (Phi) is 11.1. The zero-order valence-corrected chi connectivity index (χ0v) is 25.7. The summed E-state index contributed by atoms with van der Waals surface area (Å²) in [5, 5.41) is 18.2. The molecule has 0 aliphatic heterocycles. The van der Waals surface area contributed by atoms with E-state index in [0.717, 1.165) is 35.3 Å². The molecule has 5 aromatic carbocycles. The van der Waals surface area contributed by atoms with Crippen molar-refractivity contribution in [3.8, 4) is 17.2 Å². The smallest absolute Gasteiger partial charge is 0.166 e. The largest absolute Gasteiger partial charge is 0.508 e. The van der Waals surface area contributed by atoms with Gasteiger partial charge in [-0.1, -0.05) is 101 Å². The summed E-state index contributed by atoms with van der Waals surface area (Å²) in [6.45, 7) is 2.82. The fraction of sp³-hybridized carbons (Fsp3) is 0.158. The monoisotopic (exact) mass is 598 g/mol. The van der Waals surface area contributed by atoms with Gasteiger partial charge in [-0.2, -0.15) is 0 Å². The molecular formula is C38H38N4O3. The fourth-order valence-corrected chi connectivity index (χ4v) is 4.95. The van der Waals surface area contributed by atoms with Gasteiger partial charge in [0.25, 0.3) is 0 Å². The highest BCUT2D eigenvalue weighted by Crippen LogP contribution is 2.32. The van der Waals surface area contributed by atoms with Crippen LogP contribution in [-0.4, -0.2) is 41.4 Å². The molecule has 0 aliphatic carbocycles. The number of nitrogens with zero attached hydrogens (tertiary/aromatic N) is 4. The van der Waals surface area contributed by atoms with E-state index < -0.39 is 0 Å². The van der Waals surface area contributed by atoms with Gasteiger partial charge in [0.2, 0.25) is 0 Å². The molecule has 0 bridgehead atoms. The Morgan fingerprint density at radius 3 is 1.42 bits per heavy atom. The molecule has 0 heterocycles. The minimum atomic E-state index is 0.197. The molecule has 0 amide bonds. The highest BCUT2D eigenvalue weighted by atomic mass is 16.6. The second kappa shape index (κ2) is 16.0. The molecule has 0 spiro atoms. The van der Waals surface area contributed by atoms with Crippen LogP contribution < -0.4 is 9.68 Å². The number of oxime groups is 2. The number of rotatable bonds is 14. The molecule has 1 N–H and O–H groups in total. The van der Waals surface area contributed by atoms with Crippen LogP contribution in [0.4, 0.5) is 0 Å². The van der Waals surface area contributed by atoms with Crippen LogP contribution in [0.3, 0.4) is 0 Å². The topological polar surface area (TPSA) is 69.9 Å². The Morgan fingerprint density at radius 2 is 0.956 bits per heavy atom. The predicted octanol–water partition coefficient (Wildman–Crippen LogP) is 7.48. The van der Waals surface area contributed by atoms with Gasteiger partial charge < -0.3 is 14.8 Å². The zero-order valence-electron chi connectivity index (χ0n) is 25.7. The lowest BCUT2D eigenvalue weighted by molar-refractivity contribution is 0.284. The van der Waals surface area contributed by atoms with E-state index in [4.69, 9.17) is 9.68 Å². The lowest BCUT2D eigenvalue weighted by Gasteiger charge is -2.22.